The minimum absolute atomic E-state index is 0.0978. The highest BCUT2D eigenvalue weighted by molar-refractivity contribution is 6.31. The third kappa shape index (κ3) is 3.50. The van der Waals surface area contributed by atoms with Crippen LogP contribution < -0.4 is 0 Å². The summed E-state index contributed by atoms with van der Waals surface area (Å²) in [4.78, 5) is 24.7. The van der Waals surface area contributed by atoms with Gasteiger partial charge in [0.25, 0.3) is 0 Å². The van der Waals surface area contributed by atoms with E-state index in [9.17, 15) is 9.59 Å². The Hall–Kier alpha value is -2.59. The van der Waals surface area contributed by atoms with Gasteiger partial charge in [0, 0.05) is 34.6 Å². The molecule has 0 radical (unpaired) electrons. The predicted octanol–water partition coefficient (Wildman–Crippen LogP) is 5.28. The molecule has 3 rings (SSSR count). The number of rotatable bonds is 6. The lowest BCUT2D eigenvalue weighted by Gasteiger charge is -2.12. The SMILES string of the molecule is CCC(=O)c1c(CC)n(Cc2ccccc2Cl)c2cc(C(=O)OC)ccc12. The molecule has 0 aliphatic carbocycles. The highest BCUT2D eigenvalue weighted by atomic mass is 35.5. The van der Waals surface area contributed by atoms with E-state index in [2.05, 4.69) is 4.57 Å². The maximum atomic E-state index is 12.7. The minimum Gasteiger partial charge on any atom is -0.465 e. The zero-order valence-corrected chi connectivity index (χ0v) is 16.5. The standard InChI is InChI=1S/C22H22ClNO3/c1-4-18-21(20(25)5-2)16-11-10-14(22(26)27-3)12-19(16)24(18)13-15-8-6-7-9-17(15)23/h6-12H,4-5,13H2,1-3H3. The molecule has 2 aromatic carbocycles. The molecular formula is C22H22ClNO3. The van der Waals surface area contributed by atoms with Crippen LogP contribution in [-0.2, 0) is 17.7 Å². The van der Waals surface area contributed by atoms with Crippen LogP contribution in [0.25, 0.3) is 10.9 Å². The van der Waals surface area contributed by atoms with Gasteiger partial charge >= 0.3 is 5.97 Å². The van der Waals surface area contributed by atoms with Gasteiger partial charge in [-0.1, -0.05) is 49.7 Å². The first-order valence-electron chi connectivity index (χ1n) is 9.01. The van der Waals surface area contributed by atoms with Crippen molar-refractivity contribution in [3.63, 3.8) is 0 Å². The van der Waals surface area contributed by atoms with E-state index >= 15 is 0 Å². The minimum atomic E-state index is -0.399. The molecule has 5 heteroatoms. The fourth-order valence-corrected chi connectivity index (χ4v) is 3.68. The first-order valence-corrected chi connectivity index (χ1v) is 9.39. The highest BCUT2D eigenvalue weighted by Gasteiger charge is 2.22. The van der Waals surface area contributed by atoms with Crippen LogP contribution in [0.2, 0.25) is 5.02 Å². The van der Waals surface area contributed by atoms with Gasteiger partial charge in [-0.05, 0) is 30.2 Å². The number of carbonyl (C=O) groups excluding carboxylic acids is 2. The fourth-order valence-electron chi connectivity index (χ4n) is 3.48. The third-order valence-electron chi connectivity index (χ3n) is 4.81. The van der Waals surface area contributed by atoms with Crippen molar-refractivity contribution in [1.29, 1.82) is 0 Å². The monoisotopic (exact) mass is 383 g/mol. The zero-order valence-electron chi connectivity index (χ0n) is 15.7. The van der Waals surface area contributed by atoms with Gasteiger partial charge in [-0.15, -0.1) is 0 Å². The second-order valence-electron chi connectivity index (χ2n) is 6.35. The van der Waals surface area contributed by atoms with Crippen LogP contribution in [0.3, 0.4) is 0 Å². The first kappa shape index (κ1) is 19.2. The lowest BCUT2D eigenvalue weighted by Crippen LogP contribution is -2.08. The van der Waals surface area contributed by atoms with Gasteiger partial charge in [-0.3, -0.25) is 4.79 Å². The average Bonchev–Trinajstić information content (AvgIpc) is 3.01. The second kappa shape index (κ2) is 7.97. The van der Waals surface area contributed by atoms with Crippen molar-refractivity contribution in [2.75, 3.05) is 7.11 Å². The van der Waals surface area contributed by atoms with E-state index in [-0.39, 0.29) is 5.78 Å². The number of fused-ring (bicyclic) bond motifs is 1. The number of hydrogen-bond acceptors (Lipinski definition) is 3. The molecule has 0 fully saturated rings. The summed E-state index contributed by atoms with van der Waals surface area (Å²) in [7, 11) is 1.36. The topological polar surface area (TPSA) is 48.3 Å². The Bertz CT molecular complexity index is 1020. The molecule has 0 amide bonds. The Balaban J connectivity index is 2.29. The second-order valence-corrected chi connectivity index (χ2v) is 6.76. The highest BCUT2D eigenvalue weighted by Crippen LogP contribution is 2.31. The molecule has 0 saturated heterocycles. The van der Waals surface area contributed by atoms with E-state index < -0.39 is 5.97 Å². The molecule has 0 aliphatic rings. The number of hydrogen-bond donors (Lipinski definition) is 0. The molecule has 0 N–H and O–H groups in total. The van der Waals surface area contributed by atoms with Gasteiger partial charge in [-0.2, -0.15) is 0 Å². The van der Waals surface area contributed by atoms with Crippen molar-refractivity contribution < 1.29 is 14.3 Å². The number of esters is 1. The number of carbonyl (C=O) groups is 2. The normalized spacial score (nSPS) is 11.0. The summed E-state index contributed by atoms with van der Waals surface area (Å²) in [6, 6.07) is 13.0. The summed E-state index contributed by atoms with van der Waals surface area (Å²) in [5.74, 6) is -0.301. The van der Waals surface area contributed by atoms with Crippen molar-refractivity contribution in [3.8, 4) is 0 Å². The largest absolute Gasteiger partial charge is 0.465 e. The molecule has 0 bridgehead atoms. The number of benzene rings is 2. The predicted molar refractivity (Wildman–Crippen MR) is 108 cm³/mol. The van der Waals surface area contributed by atoms with Gasteiger partial charge in [0.15, 0.2) is 5.78 Å². The van der Waals surface area contributed by atoms with Crippen LogP contribution in [-0.4, -0.2) is 23.4 Å². The number of nitrogens with zero attached hydrogens (tertiary/aromatic N) is 1. The molecule has 27 heavy (non-hydrogen) atoms. The number of methoxy groups -OCH3 is 1. The summed E-state index contributed by atoms with van der Waals surface area (Å²) in [5, 5.41) is 1.53. The molecule has 1 heterocycles. The van der Waals surface area contributed by atoms with Crippen LogP contribution >= 0.6 is 11.6 Å². The van der Waals surface area contributed by atoms with Gasteiger partial charge in [0.05, 0.1) is 18.2 Å². The van der Waals surface area contributed by atoms with Crippen molar-refractivity contribution in [1.82, 2.24) is 4.57 Å². The van der Waals surface area contributed by atoms with Gasteiger partial charge in [0.2, 0.25) is 0 Å². The Morgan fingerprint density at radius 3 is 2.48 bits per heavy atom. The van der Waals surface area contributed by atoms with E-state index in [1.807, 2.05) is 44.2 Å². The molecule has 4 nitrogen and oxygen atoms in total. The van der Waals surface area contributed by atoms with Gasteiger partial charge in [-0.25, -0.2) is 4.79 Å². The van der Waals surface area contributed by atoms with E-state index in [1.165, 1.54) is 7.11 Å². The average molecular weight is 384 g/mol. The molecule has 0 atom stereocenters. The quantitative estimate of drug-likeness (QED) is 0.429. The summed E-state index contributed by atoms with van der Waals surface area (Å²) in [5.41, 5.74) is 3.95. The number of halogens is 1. The fraction of sp³-hybridized carbons (Fsp3) is 0.273. The molecule has 0 unspecified atom stereocenters. The molecule has 0 aliphatic heterocycles. The van der Waals surface area contributed by atoms with E-state index in [0.29, 0.717) is 30.0 Å². The van der Waals surface area contributed by atoms with E-state index in [0.717, 1.165) is 27.7 Å². The number of ether oxygens (including phenoxy) is 1. The van der Waals surface area contributed by atoms with Crippen molar-refractivity contribution in [3.05, 3.63) is 69.9 Å². The van der Waals surface area contributed by atoms with Crippen LogP contribution in [0.15, 0.2) is 42.5 Å². The van der Waals surface area contributed by atoms with E-state index in [4.69, 9.17) is 16.3 Å². The summed E-state index contributed by atoms with van der Waals surface area (Å²) in [6.45, 7) is 4.42. The number of Topliss-reactive ketones (excluding diaryl/α,β-unsaturated/α-hetero) is 1. The van der Waals surface area contributed by atoms with Crippen LogP contribution in [0.1, 0.15) is 52.2 Å². The molecule has 140 valence electrons. The van der Waals surface area contributed by atoms with Gasteiger partial charge < -0.3 is 9.30 Å². The van der Waals surface area contributed by atoms with E-state index in [1.54, 1.807) is 12.1 Å². The molecular weight excluding hydrogens is 362 g/mol. The summed E-state index contributed by atoms with van der Waals surface area (Å²) >= 11 is 6.37. The van der Waals surface area contributed by atoms with Crippen molar-refractivity contribution in [2.45, 2.75) is 33.2 Å². The molecule has 0 spiro atoms. The first-order chi connectivity index (χ1) is 13.0. The lowest BCUT2D eigenvalue weighted by atomic mass is 10.0. The lowest BCUT2D eigenvalue weighted by molar-refractivity contribution is 0.0600. The van der Waals surface area contributed by atoms with Crippen molar-refractivity contribution >= 4 is 34.3 Å². The summed E-state index contributed by atoms with van der Waals surface area (Å²) < 4.78 is 6.95. The smallest absolute Gasteiger partial charge is 0.337 e. The van der Waals surface area contributed by atoms with Crippen LogP contribution in [0.5, 0.6) is 0 Å². The van der Waals surface area contributed by atoms with Crippen LogP contribution in [0.4, 0.5) is 0 Å². The van der Waals surface area contributed by atoms with Crippen LogP contribution in [0, 0.1) is 0 Å². The Labute approximate surface area is 163 Å². The Kier molecular flexibility index (Phi) is 5.66. The van der Waals surface area contributed by atoms with Crippen molar-refractivity contribution in [2.24, 2.45) is 0 Å². The molecule has 3 aromatic rings. The maximum Gasteiger partial charge on any atom is 0.337 e. The van der Waals surface area contributed by atoms with Gasteiger partial charge in [0.1, 0.15) is 0 Å². The zero-order chi connectivity index (χ0) is 19.6. The molecule has 1 aromatic heterocycles. The Morgan fingerprint density at radius 2 is 1.85 bits per heavy atom. The Morgan fingerprint density at radius 1 is 1.11 bits per heavy atom. The third-order valence-corrected chi connectivity index (χ3v) is 5.18. The molecule has 0 saturated carbocycles. The number of aromatic nitrogens is 1. The maximum absolute atomic E-state index is 12.7. The summed E-state index contributed by atoms with van der Waals surface area (Å²) in [6.07, 6.45) is 1.13. The number of ketones is 1.